The summed E-state index contributed by atoms with van der Waals surface area (Å²) in [5.74, 6) is 0.797. The minimum atomic E-state index is -0.106. The molecular formula is C14H17N3O2. The molecule has 0 aliphatic rings. The fourth-order valence-electron chi connectivity index (χ4n) is 1.92. The third kappa shape index (κ3) is 3.20. The molecule has 100 valence electrons. The Balaban J connectivity index is 2.25. The maximum absolute atomic E-state index is 11.7. The molecule has 2 aromatic rings. The molecule has 1 heterocycles. The van der Waals surface area contributed by atoms with Crippen molar-refractivity contribution in [2.75, 3.05) is 14.2 Å². The normalized spacial score (nSPS) is 12.1. The Bertz CT molecular complexity index is 595. The van der Waals surface area contributed by atoms with Gasteiger partial charge < -0.3 is 10.1 Å². The van der Waals surface area contributed by atoms with Gasteiger partial charge in [-0.15, -0.1) is 0 Å². The largest absolute Gasteiger partial charge is 0.497 e. The Kier molecular flexibility index (Phi) is 4.30. The molecule has 5 heteroatoms. The SMILES string of the molecule is CNC(Cn1ncccc1=O)c1cccc(OC)c1. The third-order valence-corrected chi connectivity index (χ3v) is 2.99. The van der Waals surface area contributed by atoms with Crippen LogP contribution in [0.2, 0.25) is 0 Å². The Labute approximate surface area is 111 Å². The van der Waals surface area contributed by atoms with E-state index in [9.17, 15) is 4.79 Å². The van der Waals surface area contributed by atoms with Crippen molar-refractivity contribution in [1.29, 1.82) is 0 Å². The zero-order chi connectivity index (χ0) is 13.7. The van der Waals surface area contributed by atoms with E-state index in [0.29, 0.717) is 6.54 Å². The highest BCUT2D eigenvalue weighted by atomic mass is 16.5. The number of likely N-dealkylation sites (N-methyl/N-ethyl adjacent to an activating group) is 1. The highest BCUT2D eigenvalue weighted by Crippen LogP contribution is 2.19. The van der Waals surface area contributed by atoms with Gasteiger partial charge in [-0.3, -0.25) is 4.79 Å². The zero-order valence-electron chi connectivity index (χ0n) is 11.0. The molecule has 5 nitrogen and oxygen atoms in total. The van der Waals surface area contributed by atoms with Crippen LogP contribution in [-0.2, 0) is 6.54 Å². The number of aromatic nitrogens is 2. The first-order valence-corrected chi connectivity index (χ1v) is 6.08. The molecule has 0 aliphatic heterocycles. The fourth-order valence-corrected chi connectivity index (χ4v) is 1.92. The average Bonchev–Trinajstić information content (AvgIpc) is 2.46. The van der Waals surface area contributed by atoms with E-state index in [1.165, 1.54) is 10.7 Å². The molecular weight excluding hydrogens is 242 g/mol. The van der Waals surface area contributed by atoms with E-state index in [4.69, 9.17) is 4.74 Å². The van der Waals surface area contributed by atoms with E-state index in [1.54, 1.807) is 19.4 Å². The summed E-state index contributed by atoms with van der Waals surface area (Å²) in [6, 6.07) is 10.9. The number of ether oxygens (including phenoxy) is 1. The summed E-state index contributed by atoms with van der Waals surface area (Å²) >= 11 is 0. The van der Waals surface area contributed by atoms with Gasteiger partial charge in [0, 0.05) is 12.3 Å². The highest BCUT2D eigenvalue weighted by molar-refractivity contribution is 5.30. The topological polar surface area (TPSA) is 56.2 Å². The molecule has 0 saturated carbocycles. The quantitative estimate of drug-likeness (QED) is 0.877. The molecule has 1 aromatic carbocycles. The standard InChI is InChI=1S/C14H17N3O2/c1-15-13(10-17-14(18)7-4-8-16-17)11-5-3-6-12(9-11)19-2/h3-9,13,15H,10H2,1-2H3. The lowest BCUT2D eigenvalue weighted by atomic mass is 10.1. The minimum absolute atomic E-state index is 0.00250. The van der Waals surface area contributed by atoms with Gasteiger partial charge in [0.25, 0.3) is 5.56 Å². The maximum atomic E-state index is 11.7. The lowest BCUT2D eigenvalue weighted by molar-refractivity contribution is 0.410. The van der Waals surface area contributed by atoms with E-state index >= 15 is 0 Å². The number of nitrogens with zero attached hydrogens (tertiary/aromatic N) is 2. The van der Waals surface area contributed by atoms with Crippen LogP contribution in [0.5, 0.6) is 5.75 Å². The smallest absolute Gasteiger partial charge is 0.266 e. The van der Waals surface area contributed by atoms with Gasteiger partial charge in [-0.25, -0.2) is 4.68 Å². The Morgan fingerprint density at radius 1 is 1.37 bits per heavy atom. The molecule has 0 bridgehead atoms. The number of methoxy groups -OCH3 is 1. The van der Waals surface area contributed by atoms with Crippen LogP contribution in [0.4, 0.5) is 0 Å². The lowest BCUT2D eigenvalue weighted by Gasteiger charge is -2.17. The number of rotatable bonds is 5. The predicted octanol–water partition coefficient (Wildman–Crippen LogP) is 1.21. The summed E-state index contributed by atoms with van der Waals surface area (Å²) in [7, 11) is 3.49. The van der Waals surface area contributed by atoms with Crippen LogP contribution >= 0.6 is 0 Å². The van der Waals surface area contributed by atoms with Gasteiger partial charge in [0.15, 0.2) is 0 Å². The van der Waals surface area contributed by atoms with Crippen molar-refractivity contribution in [3.05, 3.63) is 58.5 Å². The highest BCUT2D eigenvalue weighted by Gasteiger charge is 2.11. The summed E-state index contributed by atoms with van der Waals surface area (Å²) in [6.45, 7) is 0.476. The lowest BCUT2D eigenvalue weighted by Crippen LogP contribution is -2.29. The first-order chi connectivity index (χ1) is 9.24. The zero-order valence-corrected chi connectivity index (χ0v) is 11.0. The van der Waals surface area contributed by atoms with Crippen LogP contribution in [0.25, 0.3) is 0 Å². The number of hydrogen-bond donors (Lipinski definition) is 1. The van der Waals surface area contributed by atoms with Gasteiger partial charge in [0.1, 0.15) is 5.75 Å². The van der Waals surface area contributed by atoms with Crippen LogP contribution in [0.3, 0.4) is 0 Å². The maximum Gasteiger partial charge on any atom is 0.266 e. The molecule has 0 saturated heterocycles. The number of hydrogen-bond acceptors (Lipinski definition) is 4. The van der Waals surface area contributed by atoms with Crippen molar-refractivity contribution in [3.8, 4) is 5.75 Å². The first-order valence-electron chi connectivity index (χ1n) is 6.08. The number of nitrogens with one attached hydrogen (secondary N) is 1. The Morgan fingerprint density at radius 3 is 2.89 bits per heavy atom. The van der Waals surface area contributed by atoms with Crippen LogP contribution in [-0.4, -0.2) is 23.9 Å². The molecule has 1 N–H and O–H groups in total. The van der Waals surface area contributed by atoms with Gasteiger partial charge in [-0.1, -0.05) is 12.1 Å². The second-order valence-electron chi connectivity index (χ2n) is 4.16. The van der Waals surface area contributed by atoms with Crippen LogP contribution in [0, 0.1) is 0 Å². The van der Waals surface area contributed by atoms with Crippen molar-refractivity contribution in [3.63, 3.8) is 0 Å². The van der Waals surface area contributed by atoms with Gasteiger partial charge in [-0.2, -0.15) is 5.10 Å². The van der Waals surface area contributed by atoms with Crippen LogP contribution in [0.1, 0.15) is 11.6 Å². The van der Waals surface area contributed by atoms with Crippen molar-refractivity contribution < 1.29 is 4.74 Å². The molecule has 19 heavy (non-hydrogen) atoms. The minimum Gasteiger partial charge on any atom is -0.497 e. The van der Waals surface area contributed by atoms with Crippen molar-refractivity contribution in [1.82, 2.24) is 15.1 Å². The van der Waals surface area contributed by atoms with E-state index in [2.05, 4.69) is 10.4 Å². The molecule has 0 amide bonds. The Hall–Kier alpha value is -2.14. The van der Waals surface area contributed by atoms with Gasteiger partial charge in [0.2, 0.25) is 0 Å². The van der Waals surface area contributed by atoms with Crippen molar-refractivity contribution >= 4 is 0 Å². The fraction of sp³-hybridized carbons (Fsp3) is 0.286. The molecule has 1 aromatic heterocycles. The molecule has 0 spiro atoms. The third-order valence-electron chi connectivity index (χ3n) is 2.99. The van der Waals surface area contributed by atoms with Crippen molar-refractivity contribution in [2.24, 2.45) is 0 Å². The second kappa shape index (κ2) is 6.15. The molecule has 0 radical (unpaired) electrons. The summed E-state index contributed by atoms with van der Waals surface area (Å²) in [6.07, 6.45) is 1.61. The summed E-state index contributed by atoms with van der Waals surface area (Å²) < 4.78 is 6.66. The molecule has 1 unspecified atom stereocenters. The van der Waals surface area contributed by atoms with E-state index in [-0.39, 0.29) is 11.6 Å². The summed E-state index contributed by atoms with van der Waals surface area (Å²) in [5, 5.41) is 7.26. The molecule has 0 fully saturated rings. The summed E-state index contributed by atoms with van der Waals surface area (Å²) in [4.78, 5) is 11.7. The Morgan fingerprint density at radius 2 is 2.21 bits per heavy atom. The van der Waals surface area contributed by atoms with Crippen LogP contribution < -0.4 is 15.6 Å². The van der Waals surface area contributed by atoms with E-state index in [0.717, 1.165) is 11.3 Å². The van der Waals surface area contributed by atoms with E-state index in [1.807, 2.05) is 31.3 Å². The van der Waals surface area contributed by atoms with Crippen molar-refractivity contribution in [2.45, 2.75) is 12.6 Å². The second-order valence-corrected chi connectivity index (χ2v) is 4.16. The summed E-state index contributed by atoms with van der Waals surface area (Å²) in [5.41, 5.74) is 0.949. The van der Waals surface area contributed by atoms with Crippen LogP contribution in [0.15, 0.2) is 47.4 Å². The first kappa shape index (κ1) is 13.3. The van der Waals surface area contributed by atoms with Gasteiger partial charge >= 0.3 is 0 Å². The average molecular weight is 259 g/mol. The molecule has 2 rings (SSSR count). The number of benzene rings is 1. The predicted molar refractivity (Wildman–Crippen MR) is 73.3 cm³/mol. The molecule has 0 aliphatic carbocycles. The molecule has 1 atom stereocenters. The van der Waals surface area contributed by atoms with Gasteiger partial charge in [-0.05, 0) is 30.8 Å². The monoisotopic (exact) mass is 259 g/mol. The van der Waals surface area contributed by atoms with E-state index < -0.39 is 0 Å². The van der Waals surface area contributed by atoms with Gasteiger partial charge in [0.05, 0.1) is 19.7 Å².